The van der Waals surface area contributed by atoms with E-state index in [0.717, 1.165) is 30.3 Å². The number of hydrogen-bond donors (Lipinski definition) is 1. The quantitative estimate of drug-likeness (QED) is 0.555. The van der Waals surface area contributed by atoms with Crippen molar-refractivity contribution in [1.29, 1.82) is 0 Å². The molecule has 0 unspecified atom stereocenters. The smallest absolute Gasteiger partial charge is 0.331 e. The summed E-state index contributed by atoms with van der Waals surface area (Å²) < 4.78 is 30.3. The average Bonchev–Trinajstić information content (AvgIpc) is 3.14. The highest BCUT2D eigenvalue weighted by Gasteiger charge is 2.21. The molecule has 1 aliphatic rings. The first-order valence-corrected chi connectivity index (χ1v) is 12.7. The summed E-state index contributed by atoms with van der Waals surface area (Å²) in [7, 11) is -2.46. The number of fused-ring (bicyclic) bond motifs is 1. The molecule has 2 aromatic heterocycles. The van der Waals surface area contributed by atoms with Gasteiger partial charge in [0.15, 0.2) is 0 Å². The van der Waals surface area contributed by atoms with E-state index in [0.29, 0.717) is 18.8 Å². The Bertz CT molecular complexity index is 1420. The predicted molar refractivity (Wildman–Crippen MR) is 127 cm³/mol. The van der Waals surface area contributed by atoms with Crippen molar-refractivity contribution in [1.82, 2.24) is 23.7 Å². The first kappa shape index (κ1) is 23.8. The summed E-state index contributed by atoms with van der Waals surface area (Å²) in [6.45, 7) is 0.817. The zero-order valence-corrected chi connectivity index (χ0v) is 19.8. The predicted octanol–water partition coefficient (Wildman–Crippen LogP) is 0.976. The molecule has 1 aromatic carbocycles. The van der Waals surface area contributed by atoms with E-state index in [2.05, 4.69) is 9.71 Å². The molecule has 34 heavy (non-hydrogen) atoms. The van der Waals surface area contributed by atoms with Gasteiger partial charge in [-0.05, 0) is 43.2 Å². The van der Waals surface area contributed by atoms with Gasteiger partial charge in [-0.1, -0.05) is 18.9 Å². The summed E-state index contributed by atoms with van der Waals surface area (Å²) in [5.74, 6) is -0.291. The Morgan fingerprint density at radius 1 is 1.06 bits per heavy atom. The number of likely N-dealkylation sites (tertiary alicyclic amines) is 1. The first-order chi connectivity index (χ1) is 16.3. The number of benzene rings is 1. The standard InChI is InChI=1S/C23H27N5O5S/c1-26-20-10-9-18(34(32,33)25-15-17-8-4-5-11-24-17)14-19(20)22(30)28(23(26)31)16-21(29)27-12-6-2-3-7-13-27/h4-5,8-11,14,25H,2-3,6-7,12-13,15-16H2,1H3. The average molecular weight is 486 g/mol. The maximum atomic E-state index is 13.2. The molecule has 3 aromatic rings. The molecule has 180 valence electrons. The normalized spacial score (nSPS) is 14.8. The lowest BCUT2D eigenvalue weighted by Crippen LogP contribution is -2.44. The number of nitrogens with zero attached hydrogens (tertiary/aromatic N) is 4. The lowest BCUT2D eigenvalue weighted by molar-refractivity contribution is -0.131. The van der Waals surface area contributed by atoms with E-state index in [4.69, 9.17) is 0 Å². The molecule has 1 aliphatic heterocycles. The molecule has 4 rings (SSSR count). The summed E-state index contributed by atoms with van der Waals surface area (Å²) >= 11 is 0. The van der Waals surface area contributed by atoms with Crippen molar-refractivity contribution in [2.24, 2.45) is 7.05 Å². The Morgan fingerprint density at radius 2 is 1.79 bits per heavy atom. The Balaban J connectivity index is 1.67. The minimum atomic E-state index is -3.95. The lowest BCUT2D eigenvalue weighted by atomic mass is 10.2. The van der Waals surface area contributed by atoms with Crippen LogP contribution in [-0.4, -0.2) is 46.4 Å². The van der Waals surface area contributed by atoms with Gasteiger partial charge in [-0.2, -0.15) is 0 Å². The van der Waals surface area contributed by atoms with Crippen molar-refractivity contribution < 1.29 is 13.2 Å². The van der Waals surface area contributed by atoms with Crippen LogP contribution in [0, 0.1) is 0 Å². The number of amides is 1. The van der Waals surface area contributed by atoms with Crippen LogP contribution < -0.4 is 16.0 Å². The molecule has 0 radical (unpaired) electrons. The highest BCUT2D eigenvalue weighted by molar-refractivity contribution is 7.89. The number of sulfonamides is 1. The number of aromatic nitrogens is 3. The Labute approximate surface area is 196 Å². The fourth-order valence-electron chi connectivity index (χ4n) is 4.11. The van der Waals surface area contributed by atoms with Gasteiger partial charge in [0.2, 0.25) is 15.9 Å². The second-order valence-electron chi connectivity index (χ2n) is 8.35. The van der Waals surface area contributed by atoms with Gasteiger partial charge in [-0.15, -0.1) is 0 Å². The maximum Gasteiger partial charge on any atom is 0.331 e. The largest absolute Gasteiger partial charge is 0.341 e. The molecular formula is C23H27N5O5S. The number of pyridine rings is 1. The van der Waals surface area contributed by atoms with Gasteiger partial charge in [-0.3, -0.25) is 23.7 Å². The van der Waals surface area contributed by atoms with Gasteiger partial charge in [0, 0.05) is 26.3 Å². The number of aryl methyl sites for hydroxylation is 1. The molecule has 10 nitrogen and oxygen atoms in total. The Hall–Kier alpha value is -3.31. The van der Waals surface area contributed by atoms with Crippen molar-refractivity contribution in [3.05, 3.63) is 69.1 Å². The number of hydrogen-bond acceptors (Lipinski definition) is 6. The second kappa shape index (κ2) is 9.90. The van der Waals surface area contributed by atoms with Gasteiger partial charge >= 0.3 is 5.69 Å². The topological polar surface area (TPSA) is 123 Å². The van der Waals surface area contributed by atoms with Crippen LogP contribution in [0.2, 0.25) is 0 Å². The third-order valence-electron chi connectivity index (χ3n) is 6.05. The zero-order valence-electron chi connectivity index (χ0n) is 18.9. The van der Waals surface area contributed by atoms with Crippen LogP contribution in [-0.2, 0) is 35.0 Å². The van der Waals surface area contributed by atoms with Crippen molar-refractivity contribution in [3.8, 4) is 0 Å². The van der Waals surface area contributed by atoms with Gasteiger partial charge in [0.25, 0.3) is 5.56 Å². The monoisotopic (exact) mass is 485 g/mol. The molecule has 11 heteroatoms. The minimum absolute atomic E-state index is 0.0109. The molecular weight excluding hydrogens is 458 g/mol. The number of carbonyl (C=O) groups excluding carboxylic acids is 1. The summed E-state index contributed by atoms with van der Waals surface area (Å²) in [5.41, 5.74) is -0.478. The molecule has 3 heterocycles. The van der Waals surface area contributed by atoms with E-state index in [-0.39, 0.29) is 34.8 Å². The summed E-state index contributed by atoms with van der Waals surface area (Å²) in [6, 6.07) is 9.18. The van der Waals surface area contributed by atoms with Gasteiger partial charge < -0.3 is 4.90 Å². The van der Waals surface area contributed by atoms with Crippen molar-refractivity contribution in [2.75, 3.05) is 13.1 Å². The van der Waals surface area contributed by atoms with Crippen LogP contribution in [0.3, 0.4) is 0 Å². The van der Waals surface area contributed by atoms with Crippen LogP contribution in [0.4, 0.5) is 0 Å². The van der Waals surface area contributed by atoms with E-state index in [9.17, 15) is 22.8 Å². The van der Waals surface area contributed by atoms with E-state index < -0.39 is 21.3 Å². The summed E-state index contributed by atoms with van der Waals surface area (Å²) in [6.07, 6.45) is 5.45. The van der Waals surface area contributed by atoms with Crippen molar-refractivity contribution >= 4 is 26.8 Å². The molecule has 1 fully saturated rings. The van der Waals surface area contributed by atoms with Crippen LogP contribution >= 0.6 is 0 Å². The van der Waals surface area contributed by atoms with E-state index in [1.165, 1.54) is 29.8 Å². The van der Waals surface area contributed by atoms with E-state index >= 15 is 0 Å². The molecule has 0 saturated carbocycles. The third-order valence-corrected chi connectivity index (χ3v) is 7.45. The molecule has 0 atom stereocenters. The Morgan fingerprint density at radius 3 is 2.47 bits per heavy atom. The second-order valence-corrected chi connectivity index (χ2v) is 10.1. The minimum Gasteiger partial charge on any atom is -0.341 e. The van der Waals surface area contributed by atoms with Crippen molar-refractivity contribution in [3.63, 3.8) is 0 Å². The van der Waals surface area contributed by atoms with Gasteiger partial charge in [0.1, 0.15) is 6.54 Å². The number of rotatable bonds is 6. The summed E-state index contributed by atoms with van der Waals surface area (Å²) in [4.78, 5) is 44.5. The van der Waals surface area contributed by atoms with E-state index in [1.54, 1.807) is 29.3 Å². The fourth-order valence-corrected chi connectivity index (χ4v) is 5.14. The third kappa shape index (κ3) is 4.95. The Kier molecular flexibility index (Phi) is 6.94. The lowest BCUT2D eigenvalue weighted by Gasteiger charge is -2.21. The number of nitrogens with one attached hydrogen (secondary N) is 1. The van der Waals surface area contributed by atoms with Crippen LogP contribution in [0.25, 0.3) is 10.9 Å². The highest BCUT2D eigenvalue weighted by Crippen LogP contribution is 2.16. The number of carbonyl (C=O) groups is 1. The molecule has 1 amide bonds. The van der Waals surface area contributed by atoms with E-state index in [1.807, 2.05) is 0 Å². The molecule has 0 spiro atoms. The fraction of sp³-hybridized carbons (Fsp3) is 0.391. The molecule has 0 aliphatic carbocycles. The van der Waals surface area contributed by atoms with Crippen LogP contribution in [0.5, 0.6) is 0 Å². The molecule has 1 saturated heterocycles. The summed E-state index contributed by atoms with van der Waals surface area (Å²) in [5, 5.41) is 0.0477. The van der Waals surface area contributed by atoms with Crippen LogP contribution in [0.15, 0.2) is 57.1 Å². The first-order valence-electron chi connectivity index (χ1n) is 11.2. The maximum absolute atomic E-state index is 13.2. The molecule has 1 N–H and O–H groups in total. The van der Waals surface area contributed by atoms with Crippen molar-refractivity contribution in [2.45, 2.75) is 43.7 Å². The van der Waals surface area contributed by atoms with Crippen LogP contribution in [0.1, 0.15) is 31.4 Å². The zero-order chi connectivity index (χ0) is 24.3. The SMILES string of the molecule is Cn1c(=O)n(CC(=O)N2CCCCCC2)c(=O)c2cc(S(=O)(=O)NCc3ccccn3)ccc21. The van der Waals surface area contributed by atoms with Gasteiger partial charge in [0.05, 0.1) is 28.0 Å². The molecule has 0 bridgehead atoms. The van der Waals surface area contributed by atoms with Gasteiger partial charge in [-0.25, -0.2) is 17.9 Å². The highest BCUT2D eigenvalue weighted by atomic mass is 32.2.